The van der Waals surface area contributed by atoms with Gasteiger partial charge in [-0.1, -0.05) is 25.1 Å². The normalized spacial score (nSPS) is 10.6. The van der Waals surface area contributed by atoms with E-state index in [1.54, 1.807) is 0 Å². The summed E-state index contributed by atoms with van der Waals surface area (Å²) in [7, 11) is 0. The number of nitrogens with two attached hydrogens (primary N) is 1. The molecule has 0 radical (unpaired) electrons. The number of anilines is 1. The highest BCUT2D eigenvalue weighted by atomic mass is 32.1. The van der Waals surface area contributed by atoms with Crippen molar-refractivity contribution in [1.82, 2.24) is 0 Å². The third-order valence-corrected chi connectivity index (χ3v) is 4.09. The van der Waals surface area contributed by atoms with Gasteiger partial charge in [-0.25, -0.2) is 4.79 Å². The van der Waals surface area contributed by atoms with E-state index < -0.39 is 0 Å². The predicted molar refractivity (Wildman–Crippen MR) is 84.2 cm³/mol. The van der Waals surface area contributed by atoms with E-state index in [9.17, 15) is 4.79 Å². The van der Waals surface area contributed by atoms with Crippen molar-refractivity contribution < 1.29 is 9.53 Å². The molecule has 2 N–H and O–H groups in total. The molecule has 1 aromatic heterocycles. The summed E-state index contributed by atoms with van der Waals surface area (Å²) in [4.78, 5) is 12.1. The van der Waals surface area contributed by atoms with Crippen LogP contribution in [-0.2, 0) is 4.74 Å². The van der Waals surface area contributed by atoms with Gasteiger partial charge in [-0.05, 0) is 37.0 Å². The van der Waals surface area contributed by atoms with Crippen molar-refractivity contribution in [3.63, 3.8) is 0 Å². The first-order chi connectivity index (χ1) is 9.54. The van der Waals surface area contributed by atoms with Gasteiger partial charge < -0.3 is 10.5 Å². The van der Waals surface area contributed by atoms with E-state index in [1.807, 2.05) is 18.4 Å². The SMILES string of the molecule is CCCOC(=O)c1c(-c2ccc(C)c(C)c2)csc1N. The lowest BCUT2D eigenvalue weighted by Crippen LogP contribution is -2.08. The first-order valence-corrected chi connectivity index (χ1v) is 7.54. The van der Waals surface area contributed by atoms with Crippen LogP contribution < -0.4 is 5.73 Å². The van der Waals surface area contributed by atoms with Gasteiger partial charge in [0.1, 0.15) is 10.6 Å². The molecule has 0 bridgehead atoms. The fraction of sp³-hybridized carbons (Fsp3) is 0.312. The Morgan fingerprint density at radius 2 is 2.05 bits per heavy atom. The zero-order valence-corrected chi connectivity index (χ0v) is 12.8. The molecular formula is C16H19NO2S. The Balaban J connectivity index is 2.42. The lowest BCUT2D eigenvalue weighted by atomic mass is 9.99. The Hall–Kier alpha value is -1.81. The molecule has 0 atom stereocenters. The maximum absolute atomic E-state index is 12.1. The van der Waals surface area contributed by atoms with Gasteiger partial charge in [0.05, 0.1) is 6.61 Å². The largest absolute Gasteiger partial charge is 0.462 e. The van der Waals surface area contributed by atoms with E-state index in [0.29, 0.717) is 17.2 Å². The summed E-state index contributed by atoms with van der Waals surface area (Å²) in [5, 5.41) is 2.43. The molecule has 20 heavy (non-hydrogen) atoms. The molecule has 106 valence electrons. The van der Waals surface area contributed by atoms with E-state index in [-0.39, 0.29) is 5.97 Å². The van der Waals surface area contributed by atoms with Crippen LogP contribution in [0.4, 0.5) is 5.00 Å². The number of hydrogen-bond acceptors (Lipinski definition) is 4. The van der Waals surface area contributed by atoms with Crippen molar-refractivity contribution in [2.45, 2.75) is 27.2 Å². The standard InChI is InChI=1S/C16H19NO2S/c1-4-7-19-16(18)14-13(9-20-15(14)17)12-6-5-10(2)11(3)8-12/h5-6,8-9H,4,7,17H2,1-3H3. The van der Waals surface area contributed by atoms with Crippen LogP contribution in [0.15, 0.2) is 23.6 Å². The summed E-state index contributed by atoms with van der Waals surface area (Å²) in [6.07, 6.45) is 0.800. The van der Waals surface area contributed by atoms with Gasteiger partial charge >= 0.3 is 5.97 Å². The fourth-order valence-corrected chi connectivity index (χ4v) is 2.78. The Labute approximate surface area is 123 Å². The monoisotopic (exact) mass is 289 g/mol. The van der Waals surface area contributed by atoms with Crippen LogP contribution >= 0.6 is 11.3 Å². The minimum Gasteiger partial charge on any atom is -0.462 e. The highest BCUT2D eigenvalue weighted by Gasteiger charge is 2.20. The molecule has 0 amide bonds. The number of carbonyl (C=O) groups is 1. The predicted octanol–water partition coefficient (Wildman–Crippen LogP) is 4.18. The van der Waals surface area contributed by atoms with E-state index in [2.05, 4.69) is 26.0 Å². The Kier molecular flexibility index (Phi) is 4.45. The minimum absolute atomic E-state index is 0.334. The van der Waals surface area contributed by atoms with E-state index in [1.165, 1.54) is 22.5 Å². The third-order valence-electron chi connectivity index (χ3n) is 3.28. The van der Waals surface area contributed by atoms with Gasteiger partial charge in [0.2, 0.25) is 0 Å². The number of thiophene rings is 1. The Morgan fingerprint density at radius 1 is 1.30 bits per heavy atom. The molecule has 3 nitrogen and oxygen atoms in total. The number of esters is 1. The topological polar surface area (TPSA) is 52.3 Å². The number of hydrogen-bond donors (Lipinski definition) is 1. The molecule has 0 fully saturated rings. The van der Waals surface area contributed by atoms with Crippen LogP contribution in [0.25, 0.3) is 11.1 Å². The first-order valence-electron chi connectivity index (χ1n) is 6.66. The van der Waals surface area contributed by atoms with Crippen molar-refractivity contribution in [2.24, 2.45) is 0 Å². The number of nitrogen functional groups attached to an aromatic ring is 1. The summed E-state index contributed by atoms with van der Waals surface area (Å²) in [6, 6.07) is 6.15. The highest BCUT2D eigenvalue weighted by molar-refractivity contribution is 7.14. The molecule has 0 aliphatic heterocycles. The van der Waals surface area contributed by atoms with E-state index in [4.69, 9.17) is 10.5 Å². The summed E-state index contributed by atoms with van der Waals surface area (Å²) in [5.74, 6) is -0.334. The van der Waals surface area contributed by atoms with Gasteiger partial charge in [-0.3, -0.25) is 0 Å². The number of ether oxygens (including phenoxy) is 1. The van der Waals surface area contributed by atoms with E-state index in [0.717, 1.165) is 17.5 Å². The van der Waals surface area contributed by atoms with Gasteiger partial charge in [0.15, 0.2) is 0 Å². The van der Waals surface area contributed by atoms with Crippen molar-refractivity contribution in [1.29, 1.82) is 0 Å². The average molecular weight is 289 g/mol. The van der Waals surface area contributed by atoms with Crippen LogP contribution in [0, 0.1) is 13.8 Å². The number of rotatable bonds is 4. The molecule has 0 saturated carbocycles. The molecule has 1 heterocycles. The summed E-state index contributed by atoms with van der Waals surface area (Å²) < 4.78 is 5.22. The number of benzene rings is 1. The van der Waals surface area contributed by atoms with Gasteiger partial charge in [0, 0.05) is 10.9 Å². The van der Waals surface area contributed by atoms with Crippen molar-refractivity contribution in [3.8, 4) is 11.1 Å². The second-order valence-corrected chi connectivity index (χ2v) is 5.73. The molecule has 2 rings (SSSR count). The molecule has 0 aliphatic rings. The molecule has 0 spiro atoms. The molecule has 1 aromatic carbocycles. The zero-order chi connectivity index (χ0) is 14.7. The van der Waals surface area contributed by atoms with Crippen molar-refractivity contribution >= 4 is 22.3 Å². The molecule has 2 aromatic rings. The Morgan fingerprint density at radius 3 is 2.70 bits per heavy atom. The van der Waals surface area contributed by atoms with Crippen LogP contribution in [0.1, 0.15) is 34.8 Å². The lowest BCUT2D eigenvalue weighted by Gasteiger charge is -2.08. The smallest absolute Gasteiger partial charge is 0.341 e. The molecule has 0 aliphatic carbocycles. The summed E-state index contributed by atoms with van der Waals surface area (Å²) in [5.41, 5.74) is 10.7. The number of carbonyl (C=O) groups excluding carboxylic acids is 1. The van der Waals surface area contributed by atoms with Gasteiger partial charge in [-0.15, -0.1) is 11.3 Å². The fourth-order valence-electron chi connectivity index (χ4n) is 1.97. The first kappa shape index (κ1) is 14.6. The minimum atomic E-state index is -0.334. The summed E-state index contributed by atoms with van der Waals surface area (Å²) in [6.45, 7) is 6.51. The summed E-state index contributed by atoms with van der Waals surface area (Å²) >= 11 is 1.37. The van der Waals surface area contributed by atoms with Crippen LogP contribution in [0.5, 0.6) is 0 Å². The van der Waals surface area contributed by atoms with Gasteiger partial charge in [0.25, 0.3) is 0 Å². The zero-order valence-electron chi connectivity index (χ0n) is 12.0. The maximum Gasteiger partial charge on any atom is 0.341 e. The van der Waals surface area contributed by atoms with Crippen molar-refractivity contribution in [3.05, 3.63) is 40.3 Å². The molecule has 0 saturated heterocycles. The van der Waals surface area contributed by atoms with E-state index >= 15 is 0 Å². The molecule has 0 unspecified atom stereocenters. The Bertz CT molecular complexity index is 631. The lowest BCUT2D eigenvalue weighted by molar-refractivity contribution is 0.0508. The highest BCUT2D eigenvalue weighted by Crippen LogP contribution is 2.34. The van der Waals surface area contributed by atoms with Gasteiger partial charge in [-0.2, -0.15) is 0 Å². The second-order valence-electron chi connectivity index (χ2n) is 4.82. The average Bonchev–Trinajstić information content (AvgIpc) is 2.81. The maximum atomic E-state index is 12.1. The van der Waals surface area contributed by atoms with Crippen LogP contribution in [-0.4, -0.2) is 12.6 Å². The van der Waals surface area contributed by atoms with Crippen molar-refractivity contribution in [2.75, 3.05) is 12.3 Å². The quantitative estimate of drug-likeness (QED) is 0.859. The second kappa shape index (κ2) is 6.09. The van der Waals surface area contributed by atoms with Crippen LogP contribution in [0.3, 0.4) is 0 Å². The molecular weight excluding hydrogens is 270 g/mol. The van der Waals surface area contributed by atoms with Crippen LogP contribution in [0.2, 0.25) is 0 Å². The number of aryl methyl sites for hydroxylation is 2. The third kappa shape index (κ3) is 2.85. The molecule has 4 heteroatoms.